The van der Waals surface area contributed by atoms with Crippen molar-refractivity contribution in [1.29, 1.82) is 0 Å². The van der Waals surface area contributed by atoms with Crippen molar-refractivity contribution in [2.75, 3.05) is 24.8 Å². The topological polar surface area (TPSA) is 113 Å². The van der Waals surface area contributed by atoms with Gasteiger partial charge in [-0.3, -0.25) is 4.79 Å². The van der Waals surface area contributed by atoms with Crippen LogP contribution in [0, 0.1) is 5.41 Å². The van der Waals surface area contributed by atoms with Crippen molar-refractivity contribution >= 4 is 27.6 Å². The number of carboxylic acids is 1. The Balaban J connectivity index is 2.97. The number of nitrogens with one attached hydrogen (secondary N) is 1. The number of carbonyl (C=O) groups excluding carboxylic acids is 1. The molecule has 1 aromatic rings. The van der Waals surface area contributed by atoms with Gasteiger partial charge in [-0.25, -0.2) is 17.9 Å². The Hall–Kier alpha value is -2.13. The van der Waals surface area contributed by atoms with Gasteiger partial charge < -0.3 is 14.7 Å². The number of amides is 1. The zero-order chi connectivity index (χ0) is 19.4. The van der Waals surface area contributed by atoms with E-state index in [1.807, 2.05) is 0 Å². The molecular weight excluding hydrogens is 348 g/mol. The van der Waals surface area contributed by atoms with E-state index in [9.17, 15) is 18.0 Å². The van der Waals surface area contributed by atoms with E-state index < -0.39 is 40.0 Å². The molecule has 0 saturated heterocycles. The second-order valence-electron chi connectivity index (χ2n) is 6.76. The Morgan fingerprint density at radius 1 is 1.24 bits per heavy atom. The summed E-state index contributed by atoms with van der Waals surface area (Å²) in [7, 11) is -2.02. The molecule has 0 fully saturated rings. The summed E-state index contributed by atoms with van der Waals surface area (Å²) in [5, 5.41) is 8.59. The number of nitrogens with zero attached hydrogens (tertiary/aromatic N) is 1. The molecule has 8 nitrogen and oxygen atoms in total. The van der Waals surface area contributed by atoms with Gasteiger partial charge in [0.25, 0.3) is 0 Å². The molecule has 1 atom stereocenters. The zero-order valence-corrected chi connectivity index (χ0v) is 15.8. The lowest BCUT2D eigenvalue weighted by Gasteiger charge is -2.33. The lowest BCUT2D eigenvalue weighted by molar-refractivity contribution is -0.139. The first kappa shape index (κ1) is 20.9. The number of sulfonamides is 1. The van der Waals surface area contributed by atoms with E-state index in [2.05, 4.69) is 4.72 Å². The molecule has 0 radical (unpaired) electrons. The second-order valence-corrected chi connectivity index (χ2v) is 8.54. The molecule has 0 aliphatic rings. The van der Waals surface area contributed by atoms with Gasteiger partial charge in [-0.2, -0.15) is 0 Å². The zero-order valence-electron chi connectivity index (χ0n) is 14.9. The van der Waals surface area contributed by atoms with Gasteiger partial charge in [0.1, 0.15) is 11.8 Å². The van der Waals surface area contributed by atoms with Crippen LogP contribution in [0.1, 0.15) is 20.8 Å². The lowest BCUT2D eigenvalue weighted by Crippen LogP contribution is -2.53. The Labute approximate surface area is 147 Å². The predicted molar refractivity (Wildman–Crippen MR) is 94.2 cm³/mol. The summed E-state index contributed by atoms with van der Waals surface area (Å²) in [5.74, 6) is -1.14. The lowest BCUT2D eigenvalue weighted by atomic mass is 9.86. The van der Waals surface area contributed by atoms with Crippen molar-refractivity contribution in [1.82, 2.24) is 4.72 Å². The molecule has 0 heterocycles. The molecule has 1 aromatic carbocycles. The molecule has 0 aliphatic carbocycles. The maximum absolute atomic E-state index is 12.8. The molecule has 140 valence electrons. The molecule has 25 heavy (non-hydrogen) atoms. The number of hydrogen-bond donors (Lipinski definition) is 2. The number of aliphatic carboxylic acids is 1. The smallest absolute Gasteiger partial charge is 0.341 e. The highest BCUT2D eigenvalue weighted by atomic mass is 32.2. The summed E-state index contributed by atoms with van der Waals surface area (Å²) in [6.07, 6.45) is 1.01. The SMILES string of the molecule is CN(C(=O)C(NS(C)(=O)=O)C(C)(C)C)c1ccc(OCC(=O)O)cc1. The summed E-state index contributed by atoms with van der Waals surface area (Å²) < 4.78 is 30.6. The molecule has 1 unspecified atom stereocenters. The quantitative estimate of drug-likeness (QED) is 0.740. The second kappa shape index (κ2) is 7.83. The minimum Gasteiger partial charge on any atom is -0.482 e. The van der Waals surface area contributed by atoms with Crippen molar-refractivity contribution in [3.8, 4) is 5.75 Å². The van der Waals surface area contributed by atoms with Crippen LogP contribution in [0.2, 0.25) is 0 Å². The Bertz CT molecular complexity index is 722. The van der Waals surface area contributed by atoms with E-state index in [0.717, 1.165) is 6.26 Å². The van der Waals surface area contributed by atoms with Crippen molar-refractivity contribution in [2.45, 2.75) is 26.8 Å². The van der Waals surface area contributed by atoms with Gasteiger partial charge >= 0.3 is 5.97 Å². The van der Waals surface area contributed by atoms with E-state index in [0.29, 0.717) is 11.4 Å². The van der Waals surface area contributed by atoms with Crippen molar-refractivity contribution in [3.63, 3.8) is 0 Å². The van der Waals surface area contributed by atoms with E-state index >= 15 is 0 Å². The van der Waals surface area contributed by atoms with Crippen LogP contribution in [0.25, 0.3) is 0 Å². The largest absolute Gasteiger partial charge is 0.482 e. The van der Waals surface area contributed by atoms with Gasteiger partial charge in [0.05, 0.1) is 6.26 Å². The maximum atomic E-state index is 12.8. The minimum atomic E-state index is -3.56. The summed E-state index contributed by atoms with van der Waals surface area (Å²) in [5.41, 5.74) is -0.101. The Kier molecular flexibility index (Phi) is 6.55. The van der Waals surface area contributed by atoms with Gasteiger partial charge in [0.15, 0.2) is 6.61 Å². The summed E-state index contributed by atoms with van der Waals surface area (Å²) >= 11 is 0. The van der Waals surface area contributed by atoms with Crippen LogP contribution < -0.4 is 14.4 Å². The highest BCUT2D eigenvalue weighted by Gasteiger charge is 2.35. The van der Waals surface area contributed by atoms with E-state index in [1.54, 1.807) is 32.9 Å². The number of benzene rings is 1. The third-order valence-corrected chi connectivity index (χ3v) is 4.03. The van der Waals surface area contributed by atoms with Crippen LogP contribution in [-0.4, -0.2) is 51.4 Å². The van der Waals surface area contributed by atoms with E-state index in [4.69, 9.17) is 9.84 Å². The molecule has 0 aromatic heterocycles. The third kappa shape index (κ3) is 6.71. The molecule has 0 aliphatic heterocycles. The Morgan fingerprint density at radius 3 is 2.16 bits per heavy atom. The van der Waals surface area contributed by atoms with Crippen molar-refractivity contribution < 1.29 is 27.9 Å². The molecule has 1 rings (SSSR count). The van der Waals surface area contributed by atoms with Gasteiger partial charge in [-0.15, -0.1) is 0 Å². The monoisotopic (exact) mass is 372 g/mol. The first-order valence-electron chi connectivity index (χ1n) is 7.51. The number of anilines is 1. The fourth-order valence-corrected chi connectivity index (χ4v) is 2.93. The predicted octanol–water partition coefficient (Wildman–Crippen LogP) is 1.08. The molecular formula is C16H24N2O6S. The maximum Gasteiger partial charge on any atom is 0.341 e. The summed E-state index contributed by atoms with van der Waals surface area (Å²) in [4.78, 5) is 24.6. The van der Waals surface area contributed by atoms with Gasteiger partial charge in [0, 0.05) is 12.7 Å². The van der Waals surface area contributed by atoms with Crippen molar-refractivity contribution in [2.24, 2.45) is 5.41 Å². The number of ether oxygens (including phenoxy) is 1. The molecule has 0 spiro atoms. The average molecular weight is 372 g/mol. The average Bonchev–Trinajstić information content (AvgIpc) is 2.48. The van der Waals surface area contributed by atoms with Crippen LogP contribution in [-0.2, 0) is 19.6 Å². The molecule has 1 amide bonds. The third-order valence-electron chi connectivity index (χ3n) is 3.36. The van der Waals surface area contributed by atoms with Crippen LogP contribution in [0.3, 0.4) is 0 Å². The first-order valence-corrected chi connectivity index (χ1v) is 9.40. The number of rotatable bonds is 7. The van der Waals surface area contributed by atoms with Crippen LogP contribution in [0.15, 0.2) is 24.3 Å². The number of carboxylic acid groups (broad SMARTS) is 1. The van der Waals surface area contributed by atoms with E-state index in [1.165, 1.54) is 24.1 Å². The molecule has 9 heteroatoms. The van der Waals surface area contributed by atoms with Crippen LogP contribution >= 0.6 is 0 Å². The van der Waals surface area contributed by atoms with Crippen molar-refractivity contribution in [3.05, 3.63) is 24.3 Å². The highest BCUT2D eigenvalue weighted by molar-refractivity contribution is 7.88. The first-order chi connectivity index (χ1) is 11.3. The highest BCUT2D eigenvalue weighted by Crippen LogP contribution is 2.25. The summed E-state index contributed by atoms with van der Waals surface area (Å²) in [6.45, 7) is 4.85. The normalized spacial score (nSPS) is 13.2. The van der Waals surface area contributed by atoms with Gasteiger partial charge in [-0.1, -0.05) is 20.8 Å². The summed E-state index contributed by atoms with van der Waals surface area (Å²) in [6, 6.07) is 5.33. The van der Waals surface area contributed by atoms with Gasteiger partial charge in [0.2, 0.25) is 15.9 Å². The fourth-order valence-electron chi connectivity index (χ4n) is 2.04. The Morgan fingerprint density at radius 2 is 1.76 bits per heavy atom. The standard InChI is InChI=1S/C16H24N2O6S/c1-16(2,3)14(17-25(5,22)23)15(21)18(4)11-6-8-12(9-7-11)24-10-13(19)20/h6-9,14,17H,10H2,1-5H3,(H,19,20). The molecule has 2 N–H and O–H groups in total. The van der Waals surface area contributed by atoms with Gasteiger partial charge in [-0.05, 0) is 29.7 Å². The number of hydrogen-bond acceptors (Lipinski definition) is 5. The molecule has 0 saturated carbocycles. The molecule has 0 bridgehead atoms. The minimum absolute atomic E-state index is 0.355. The van der Waals surface area contributed by atoms with Crippen LogP contribution in [0.4, 0.5) is 5.69 Å². The number of carbonyl (C=O) groups is 2. The van der Waals surface area contributed by atoms with E-state index in [-0.39, 0.29) is 0 Å². The van der Waals surface area contributed by atoms with Crippen LogP contribution in [0.5, 0.6) is 5.75 Å². The fraction of sp³-hybridized carbons (Fsp3) is 0.500. The number of likely N-dealkylation sites (N-methyl/N-ethyl adjacent to an activating group) is 1.